The fourth-order valence-electron chi connectivity index (χ4n) is 5.80. The third-order valence-corrected chi connectivity index (χ3v) is 7.59. The first-order chi connectivity index (χ1) is 21.5. The lowest BCUT2D eigenvalue weighted by atomic mass is 9.94. The average Bonchev–Trinajstić information content (AvgIpc) is 2.89. The highest BCUT2D eigenvalue weighted by Gasteiger charge is 2.50. The highest BCUT2D eigenvalue weighted by molar-refractivity contribution is 5.85. The highest BCUT2D eigenvalue weighted by Crippen LogP contribution is 2.27. The normalized spacial score (nSPS) is 19.8. The summed E-state index contributed by atoms with van der Waals surface area (Å²) in [5, 5.41) is 27.3. The van der Waals surface area contributed by atoms with Gasteiger partial charge >= 0.3 is 30.2 Å². The Labute approximate surface area is 278 Å². The molecule has 2 atom stereocenters. The number of carbonyl (C=O) groups excluding carboxylic acids is 3. The van der Waals surface area contributed by atoms with E-state index in [2.05, 4.69) is 10.6 Å². The summed E-state index contributed by atoms with van der Waals surface area (Å²) in [6.45, 7) is 19.0. The third kappa shape index (κ3) is 11.4. The molecule has 3 amide bonds. The Balaban J connectivity index is 2.07. The summed E-state index contributed by atoms with van der Waals surface area (Å²) in [6.07, 6.45) is -2.06. The summed E-state index contributed by atoms with van der Waals surface area (Å²) in [5.74, 6) is -2.59. The first-order valence-corrected chi connectivity index (χ1v) is 16.2. The van der Waals surface area contributed by atoms with Gasteiger partial charge in [0, 0.05) is 52.4 Å². The number of nitrogens with zero attached hydrogens (tertiary/aromatic N) is 4. The topological polar surface area (TPSA) is 191 Å². The van der Waals surface area contributed by atoms with Gasteiger partial charge in [-0.15, -0.1) is 5.06 Å². The molecule has 0 aliphatic carbocycles. The van der Waals surface area contributed by atoms with Crippen molar-refractivity contribution in [1.29, 1.82) is 0 Å². The minimum Gasteiger partial charge on any atom is -0.478 e. The molecule has 0 aromatic rings. The van der Waals surface area contributed by atoms with E-state index in [0.29, 0.717) is 0 Å². The molecule has 2 aliphatic rings. The second-order valence-electron chi connectivity index (χ2n) is 15.0. The van der Waals surface area contributed by atoms with E-state index in [4.69, 9.17) is 14.3 Å². The maximum Gasteiger partial charge on any atom is 0.429 e. The molecule has 0 bridgehead atoms. The van der Waals surface area contributed by atoms with Gasteiger partial charge in [-0.05, 0) is 66.2 Å². The van der Waals surface area contributed by atoms with E-state index in [0.717, 1.165) is 0 Å². The summed E-state index contributed by atoms with van der Waals surface area (Å²) in [7, 11) is 0. The van der Waals surface area contributed by atoms with E-state index in [1.807, 2.05) is 27.7 Å². The molecule has 4 N–H and O–H groups in total. The van der Waals surface area contributed by atoms with Crippen LogP contribution in [0.3, 0.4) is 0 Å². The number of alkyl carbamates (subject to hydrolysis) is 2. The van der Waals surface area contributed by atoms with Crippen LogP contribution in [0.25, 0.3) is 0 Å². The molecule has 270 valence electrons. The van der Waals surface area contributed by atoms with Gasteiger partial charge in [0.15, 0.2) is 11.3 Å². The maximum atomic E-state index is 13.1. The fraction of sp³-hybridized carbons (Fsp3) is 0.839. The van der Waals surface area contributed by atoms with E-state index >= 15 is 0 Å². The summed E-state index contributed by atoms with van der Waals surface area (Å²) in [6, 6.07) is 0. The highest BCUT2D eigenvalue weighted by atomic mass is 16.7. The van der Waals surface area contributed by atoms with E-state index in [1.54, 1.807) is 51.3 Å². The molecule has 2 aliphatic heterocycles. The second kappa shape index (κ2) is 15.7. The molecule has 2 rings (SSSR count). The standard InChI is InChI=1S/C31H56N6O10/c1-21(2)19-30(23(38)39,32-25(42)45-28(5,6)7)35-13-11-34(12-14-35)27(44)47-37-17-15-36(16-18-37)31(24(40)41,20-22(3)4)33-26(43)46-29(8,9)10/h21-22H,11-20H2,1-10H3,(H,32,42)(H,33,43)(H,38,39)(H,40,41)/t30-,31-/m1/s1. The van der Waals surface area contributed by atoms with Crippen molar-refractivity contribution in [3.05, 3.63) is 0 Å². The van der Waals surface area contributed by atoms with Crippen molar-refractivity contribution in [1.82, 2.24) is 30.4 Å². The molecule has 0 spiro atoms. The number of ether oxygens (including phenoxy) is 2. The summed E-state index contributed by atoms with van der Waals surface area (Å²) < 4.78 is 10.7. The van der Waals surface area contributed by atoms with Crippen LogP contribution in [-0.2, 0) is 23.9 Å². The Hall–Kier alpha value is -3.37. The van der Waals surface area contributed by atoms with Crippen LogP contribution < -0.4 is 10.6 Å². The summed E-state index contributed by atoms with van der Waals surface area (Å²) >= 11 is 0. The van der Waals surface area contributed by atoms with Crippen LogP contribution in [-0.4, -0.2) is 135 Å². The number of rotatable bonds is 11. The molecule has 47 heavy (non-hydrogen) atoms. The lowest BCUT2D eigenvalue weighted by Crippen LogP contribution is -2.70. The summed E-state index contributed by atoms with van der Waals surface area (Å²) in [5.41, 5.74) is -5.09. The Kier molecular flexibility index (Phi) is 13.3. The number of nitrogens with one attached hydrogen (secondary N) is 2. The maximum absolute atomic E-state index is 13.1. The van der Waals surface area contributed by atoms with Crippen LogP contribution in [0.15, 0.2) is 0 Å². The van der Waals surface area contributed by atoms with Gasteiger partial charge in [0.1, 0.15) is 11.2 Å². The molecule has 16 heteroatoms. The minimum absolute atomic E-state index is 0.0738. The van der Waals surface area contributed by atoms with E-state index in [-0.39, 0.29) is 77.0 Å². The molecular weight excluding hydrogens is 616 g/mol. The molecule has 2 fully saturated rings. The zero-order valence-electron chi connectivity index (χ0n) is 29.7. The van der Waals surface area contributed by atoms with E-state index < -0.39 is 52.7 Å². The lowest BCUT2D eigenvalue weighted by molar-refractivity contribution is -0.172. The van der Waals surface area contributed by atoms with Crippen molar-refractivity contribution >= 4 is 30.2 Å². The van der Waals surface area contributed by atoms with Crippen LogP contribution >= 0.6 is 0 Å². The third-order valence-electron chi connectivity index (χ3n) is 7.59. The van der Waals surface area contributed by atoms with Crippen LogP contribution in [0.2, 0.25) is 0 Å². The number of aliphatic carboxylic acids is 2. The Bertz CT molecular complexity index is 1120. The van der Waals surface area contributed by atoms with Gasteiger partial charge in [-0.2, -0.15) is 0 Å². The summed E-state index contributed by atoms with van der Waals surface area (Å²) in [4.78, 5) is 74.2. The fourth-order valence-corrected chi connectivity index (χ4v) is 5.80. The van der Waals surface area contributed by atoms with Gasteiger partial charge in [0.05, 0.1) is 0 Å². The van der Waals surface area contributed by atoms with Crippen molar-refractivity contribution in [2.75, 3.05) is 52.4 Å². The van der Waals surface area contributed by atoms with Crippen LogP contribution in [0.1, 0.15) is 82.1 Å². The monoisotopic (exact) mass is 672 g/mol. The zero-order valence-corrected chi connectivity index (χ0v) is 29.7. The van der Waals surface area contributed by atoms with Gasteiger partial charge in [-0.25, -0.2) is 24.0 Å². The predicted octanol–water partition coefficient (Wildman–Crippen LogP) is 2.98. The Morgan fingerprint density at radius 1 is 0.617 bits per heavy atom. The van der Waals surface area contributed by atoms with Gasteiger partial charge < -0.3 is 29.4 Å². The molecule has 0 saturated carbocycles. The number of carbonyl (C=O) groups is 5. The molecule has 2 heterocycles. The largest absolute Gasteiger partial charge is 0.478 e. The molecule has 0 unspecified atom stereocenters. The van der Waals surface area contributed by atoms with E-state index in [1.165, 1.54) is 9.96 Å². The van der Waals surface area contributed by atoms with Gasteiger partial charge in [0.25, 0.3) is 0 Å². The number of piperazine rings is 2. The first kappa shape index (κ1) is 39.8. The molecule has 0 aromatic carbocycles. The average molecular weight is 673 g/mol. The quantitative estimate of drug-likeness (QED) is 0.251. The number of carboxylic acid groups (broad SMARTS) is 2. The number of hydrogen-bond acceptors (Lipinski definition) is 11. The zero-order chi connectivity index (χ0) is 36.0. The molecule has 16 nitrogen and oxygen atoms in total. The number of carboxylic acids is 2. The number of amides is 3. The van der Waals surface area contributed by atoms with Crippen molar-refractivity contribution in [2.24, 2.45) is 11.8 Å². The van der Waals surface area contributed by atoms with Gasteiger partial charge in [-0.3, -0.25) is 20.4 Å². The van der Waals surface area contributed by atoms with Gasteiger partial charge in [0.2, 0.25) is 0 Å². The van der Waals surface area contributed by atoms with Crippen molar-refractivity contribution in [3.63, 3.8) is 0 Å². The smallest absolute Gasteiger partial charge is 0.429 e. The van der Waals surface area contributed by atoms with Crippen LogP contribution in [0.4, 0.5) is 14.4 Å². The van der Waals surface area contributed by atoms with E-state index in [9.17, 15) is 34.2 Å². The first-order valence-electron chi connectivity index (χ1n) is 16.2. The number of hydrogen-bond donors (Lipinski definition) is 4. The Morgan fingerprint density at radius 2 is 0.957 bits per heavy atom. The number of hydroxylamine groups is 2. The minimum atomic E-state index is -1.73. The molecule has 0 radical (unpaired) electrons. The molecule has 0 aromatic heterocycles. The lowest BCUT2D eigenvalue weighted by Gasteiger charge is -2.46. The molecule has 2 saturated heterocycles. The second-order valence-corrected chi connectivity index (χ2v) is 15.0. The van der Waals surface area contributed by atoms with Gasteiger partial charge in [-0.1, -0.05) is 27.7 Å². The SMILES string of the molecule is CC(C)C[C@](NC(=O)OC(C)(C)C)(C(=O)O)N1CCN(OC(=O)N2CCN([C@@](CC(C)C)(NC(=O)OC(C)(C)C)C(=O)O)CC2)CC1. The van der Waals surface area contributed by atoms with Crippen LogP contribution in [0.5, 0.6) is 0 Å². The van der Waals surface area contributed by atoms with Crippen molar-refractivity contribution < 1.29 is 48.5 Å². The molecular formula is C31H56N6O10. The van der Waals surface area contributed by atoms with Crippen molar-refractivity contribution in [2.45, 2.75) is 105 Å². The predicted molar refractivity (Wildman–Crippen MR) is 171 cm³/mol. The van der Waals surface area contributed by atoms with Crippen LogP contribution in [0, 0.1) is 11.8 Å². The Morgan fingerprint density at radius 3 is 1.26 bits per heavy atom. The van der Waals surface area contributed by atoms with Crippen molar-refractivity contribution in [3.8, 4) is 0 Å².